The van der Waals surface area contributed by atoms with Crippen molar-refractivity contribution in [3.8, 4) is 5.75 Å². The van der Waals surface area contributed by atoms with Gasteiger partial charge in [0, 0.05) is 33.7 Å². The lowest BCUT2D eigenvalue weighted by atomic mass is 10.1. The van der Waals surface area contributed by atoms with E-state index in [0.29, 0.717) is 26.4 Å². The van der Waals surface area contributed by atoms with Crippen LogP contribution in [0.15, 0.2) is 30.3 Å². The van der Waals surface area contributed by atoms with E-state index in [9.17, 15) is 5.11 Å². The minimum Gasteiger partial charge on any atom is -0.872 e. The smallest absolute Gasteiger partial charge is 0.0594 e. The van der Waals surface area contributed by atoms with Crippen molar-refractivity contribution in [1.29, 1.82) is 0 Å². The average molecular weight is 641 g/mol. The van der Waals surface area contributed by atoms with Gasteiger partial charge in [0.2, 0.25) is 0 Å². The van der Waals surface area contributed by atoms with Crippen LogP contribution in [0.2, 0.25) is 0 Å². The highest BCUT2D eigenvalue weighted by Gasteiger charge is 2.35. The molecule has 0 aliphatic rings. The van der Waals surface area contributed by atoms with Gasteiger partial charge in [0.25, 0.3) is 0 Å². The van der Waals surface area contributed by atoms with Gasteiger partial charge in [0.15, 0.2) is 0 Å². The Morgan fingerprint density at radius 1 is 0.341 bits per heavy atom. The third kappa shape index (κ3) is 30.0. The first-order valence-electron chi connectivity index (χ1n) is 18.6. The molecule has 0 unspecified atom stereocenters. The monoisotopic (exact) mass is 641 g/mol. The van der Waals surface area contributed by atoms with Crippen LogP contribution >= 0.6 is 7.26 Å². The van der Waals surface area contributed by atoms with Gasteiger partial charge in [-0.1, -0.05) is 107 Å². The van der Waals surface area contributed by atoms with Crippen LogP contribution in [0.3, 0.4) is 0 Å². The topological polar surface area (TPSA) is 104 Å². The summed E-state index contributed by atoms with van der Waals surface area (Å²) in [5.41, 5.74) is 0. The van der Waals surface area contributed by atoms with Crippen LogP contribution in [0.5, 0.6) is 5.75 Å². The van der Waals surface area contributed by atoms with Gasteiger partial charge in [-0.2, -0.15) is 0 Å². The van der Waals surface area contributed by atoms with E-state index in [1.165, 1.54) is 165 Å². The van der Waals surface area contributed by atoms with E-state index in [0.717, 1.165) is 25.7 Å². The number of aliphatic hydroxyl groups excluding tert-OH is 4. The molecule has 0 aliphatic carbocycles. The molecule has 0 aliphatic heterocycles. The molecule has 0 saturated carbocycles. The summed E-state index contributed by atoms with van der Waals surface area (Å²) in [6, 6.07) is 8.33. The van der Waals surface area contributed by atoms with Crippen molar-refractivity contribution < 1.29 is 25.5 Å². The molecule has 0 radical (unpaired) electrons. The summed E-state index contributed by atoms with van der Waals surface area (Å²) in [4.78, 5) is 0. The first-order valence-corrected chi connectivity index (χ1v) is 21.2. The SMILES string of the molecule is OCCCCCCCC[P+](CCCCCCCCO)(CCCCCCCCO)CCCCCCCCO.[O-]c1ccccc1. The van der Waals surface area contributed by atoms with Crippen molar-refractivity contribution in [2.75, 3.05) is 51.1 Å². The fraction of sp³-hybridized carbons (Fsp3) is 0.842. The van der Waals surface area contributed by atoms with Crippen molar-refractivity contribution in [3.63, 3.8) is 0 Å². The fourth-order valence-corrected chi connectivity index (χ4v) is 11.1. The van der Waals surface area contributed by atoms with Gasteiger partial charge in [-0.25, -0.2) is 0 Å². The molecule has 0 heterocycles. The quantitative estimate of drug-likeness (QED) is 0.0465. The maximum atomic E-state index is 10.3. The summed E-state index contributed by atoms with van der Waals surface area (Å²) in [6.45, 7) is 1.37. The van der Waals surface area contributed by atoms with Gasteiger partial charge in [-0.15, -0.1) is 5.75 Å². The van der Waals surface area contributed by atoms with Crippen molar-refractivity contribution >= 4 is 7.26 Å². The van der Waals surface area contributed by atoms with E-state index in [2.05, 4.69) is 0 Å². The second-order valence-corrected chi connectivity index (χ2v) is 17.4. The van der Waals surface area contributed by atoms with Crippen molar-refractivity contribution in [1.82, 2.24) is 0 Å². The molecule has 0 saturated heterocycles. The predicted molar refractivity (Wildman–Crippen MR) is 191 cm³/mol. The highest BCUT2D eigenvalue weighted by Crippen LogP contribution is 2.61. The Balaban J connectivity index is 0.00000229. The first kappa shape index (κ1) is 43.3. The zero-order valence-electron chi connectivity index (χ0n) is 28.7. The van der Waals surface area contributed by atoms with Crippen LogP contribution in [0.1, 0.15) is 154 Å². The van der Waals surface area contributed by atoms with Crippen LogP contribution in [-0.2, 0) is 0 Å². The Kier molecular flexibility index (Phi) is 34.6. The molecule has 0 aromatic heterocycles. The second kappa shape index (κ2) is 35.1. The Labute approximate surface area is 273 Å². The largest absolute Gasteiger partial charge is 0.872 e. The van der Waals surface area contributed by atoms with Crippen LogP contribution < -0.4 is 5.11 Å². The maximum absolute atomic E-state index is 10.3. The minimum absolute atomic E-state index is 0.0718. The van der Waals surface area contributed by atoms with Crippen LogP contribution in [-0.4, -0.2) is 71.5 Å². The summed E-state index contributed by atoms with van der Waals surface area (Å²) in [5, 5.41) is 46.4. The van der Waals surface area contributed by atoms with E-state index >= 15 is 0 Å². The van der Waals surface area contributed by atoms with Gasteiger partial charge in [-0.3, -0.25) is 0 Å². The lowest BCUT2D eigenvalue weighted by Gasteiger charge is -2.28. The molecule has 1 aromatic rings. The lowest BCUT2D eigenvalue weighted by Crippen LogP contribution is -2.13. The minimum atomic E-state index is -0.902. The third-order valence-electron chi connectivity index (χ3n) is 8.91. The normalized spacial score (nSPS) is 11.5. The standard InChI is InChI=1S/C32H68O4P.C6H6O/c33-25-17-9-1-5-13-21-29-37(30-22-14-6-2-10-18-26-34,31-23-15-7-3-11-19-27-35)32-24-16-8-4-12-20-28-36;7-6-4-2-1-3-5-6/h33-36H,1-32H2;1-5,7H/q+1;/p-1. The molecule has 0 spiro atoms. The van der Waals surface area contributed by atoms with Crippen LogP contribution in [0.4, 0.5) is 0 Å². The van der Waals surface area contributed by atoms with Gasteiger partial charge < -0.3 is 25.5 Å². The molecule has 0 fully saturated rings. The predicted octanol–water partition coefficient (Wildman–Crippen LogP) is 9.10. The number of rotatable bonds is 32. The molecule has 6 heteroatoms. The molecule has 4 N–H and O–H groups in total. The fourth-order valence-electron chi connectivity index (χ4n) is 6.16. The summed E-state index contributed by atoms with van der Waals surface area (Å²) < 4.78 is 0. The summed E-state index contributed by atoms with van der Waals surface area (Å²) in [6.07, 6.45) is 36.2. The first-order chi connectivity index (χ1) is 21.6. The van der Waals surface area contributed by atoms with Crippen LogP contribution in [0.25, 0.3) is 0 Å². The zero-order valence-corrected chi connectivity index (χ0v) is 29.6. The third-order valence-corrected chi connectivity index (χ3v) is 14.0. The molecule has 0 bridgehead atoms. The van der Waals surface area contributed by atoms with Crippen molar-refractivity contribution in [2.45, 2.75) is 154 Å². The molecule has 5 nitrogen and oxygen atoms in total. The van der Waals surface area contributed by atoms with E-state index in [1.54, 1.807) is 12.1 Å². The van der Waals surface area contributed by atoms with Gasteiger partial charge in [0.05, 0.1) is 24.6 Å². The average Bonchev–Trinajstić information content (AvgIpc) is 3.03. The highest BCUT2D eigenvalue weighted by molar-refractivity contribution is 7.75. The highest BCUT2D eigenvalue weighted by atomic mass is 31.2. The van der Waals surface area contributed by atoms with E-state index in [-0.39, 0.29) is 5.75 Å². The number of unbranched alkanes of at least 4 members (excludes halogenated alkanes) is 20. The molecule has 260 valence electrons. The van der Waals surface area contributed by atoms with Gasteiger partial charge >= 0.3 is 0 Å². The molecular weight excluding hydrogens is 567 g/mol. The summed E-state index contributed by atoms with van der Waals surface area (Å²) >= 11 is 0. The molecule has 1 rings (SSSR count). The van der Waals surface area contributed by atoms with E-state index in [1.807, 2.05) is 6.07 Å². The summed E-state index contributed by atoms with van der Waals surface area (Å²) in [5.74, 6) is 0.0718. The maximum Gasteiger partial charge on any atom is 0.0594 e. The van der Waals surface area contributed by atoms with E-state index < -0.39 is 7.26 Å². The lowest BCUT2D eigenvalue weighted by molar-refractivity contribution is -0.268. The zero-order chi connectivity index (χ0) is 32.2. The number of para-hydroxylation sites is 1. The molecule has 44 heavy (non-hydrogen) atoms. The van der Waals surface area contributed by atoms with E-state index in [4.69, 9.17) is 20.4 Å². The Morgan fingerprint density at radius 2 is 0.568 bits per heavy atom. The molecule has 1 aromatic carbocycles. The van der Waals surface area contributed by atoms with Gasteiger partial charge in [-0.05, 0) is 77.0 Å². The van der Waals surface area contributed by atoms with Crippen molar-refractivity contribution in [2.24, 2.45) is 0 Å². The molecule has 0 amide bonds. The Morgan fingerprint density at radius 3 is 0.773 bits per heavy atom. The number of hydrogen-bond donors (Lipinski definition) is 4. The Bertz CT molecular complexity index is 582. The van der Waals surface area contributed by atoms with Gasteiger partial charge in [0.1, 0.15) is 0 Å². The molecular formula is C38H73O5P. The Hall–Kier alpha value is -0.710. The summed E-state index contributed by atoms with van der Waals surface area (Å²) in [7, 11) is -0.902. The molecule has 0 atom stereocenters. The van der Waals surface area contributed by atoms with Crippen molar-refractivity contribution in [3.05, 3.63) is 30.3 Å². The second-order valence-electron chi connectivity index (χ2n) is 12.9. The number of benzene rings is 1. The number of aliphatic hydroxyl groups is 4. The van der Waals surface area contributed by atoms with Crippen LogP contribution in [0, 0.1) is 0 Å². The number of hydrogen-bond acceptors (Lipinski definition) is 5.